The second kappa shape index (κ2) is 10.8. The van der Waals surface area contributed by atoms with E-state index in [0.29, 0.717) is 12.5 Å². The highest BCUT2D eigenvalue weighted by Gasteiger charge is 2.18. The number of nitrogens with one attached hydrogen (secondary N) is 2. The van der Waals surface area contributed by atoms with E-state index in [9.17, 15) is 0 Å². The van der Waals surface area contributed by atoms with Crippen molar-refractivity contribution in [1.82, 2.24) is 25.3 Å². The minimum absolute atomic E-state index is 0.579. The molecule has 0 radical (unpaired) electrons. The Labute approximate surface area is 211 Å². The molecule has 4 aromatic rings. The molecule has 4 heterocycles. The average molecular weight is 502 g/mol. The van der Waals surface area contributed by atoms with E-state index in [0.717, 1.165) is 73.9 Å². The maximum Gasteiger partial charge on any atom is 0.125 e. The fourth-order valence-electron chi connectivity index (χ4n) is 3.90. The van der Waals surface area contributed by atoms with Gasteiger partial charge in [-0.2, -0.15) is 0 Å². The topological polar surface area (TPSA) is 75.7 Å². The average Bonchev–Trinajstić information content (AvgIpc) is 3.53. The van der Waals surface area contributed by atoms with Gasteiger partial charge >= 0.3 is 0 Å². The summed E-state index contributed by atoms with van der Waals surface area (Å²) >= 11 is 1.59. The Morgan fingerprint density at radius 2 is 2.03 bits per heavy atom. The van der Waals surface area contributed by atoms with E-state index >= 15 is 0 Å². The summed E-state index contributed by atoms with van der Waals surface area (Å²) < 4.78 is 5.90. The van der Waals surface area contributed by atoms with Crippen LogP contribution in [-0.2, 0) is 4.74 Å². The Morgan fingerprint density at radius 3 is 2.83 bits per heavy atom. The lowest BCUT2D eigenvalue weighted by Gasteiger charge is -2.26. The van der Waals surface area contributed by atoms with Gasteiger partial charge in [0.1, 0.15) is 10.5 Å². The summed E-state index contributed by atoms with van der Waals surface area (Å²) in [5.74, 6) is 0.579. The van der Waals surface area contributed by atoms with Crippen molar-refractivity contribution in [2.45, 2.75) is 20.3 Å². The molecular weight excluding hydrogens is 473 g/mol. The molecule has 1 aliphatic heterocycles. The van der Waals surface area contributed by atoms with Gasteiger partial charge in [-0.05, 0) is 37.1 Å². The summed E-state index contributed by atoms with van der Waals surface area (Å²) in [6.45, 7) is 6.96. The molecule has 35 heavy (non-hydrogen) atoms. The Bertz CT molecular complexity index is 1420. The second-order valence-corrected chi connectivity index (χ2v) is 10.1. The fraction of sp³-hybridized carbons (Fsp3) is 0.259. The lowest BCUT2D eigenvalue weighted by atomic mass is 10.0. The molecule has 0 aliphatic carbocycles. The Kier molecular flexibility index (Phi) is 7.30. The largest absolute Gasteiger partial charge is 0.344 e. The Balaban J connectivity index is 1.39. The lowest BCUT2D eigenvalue weighted by molar-refractivity contribution is 0.194. The molecule has 2 N–H and O–H groups in total. The molecule has 6 nitrogen and oxygen atoms in total. The van der Waals surface area contributed by atoms with Gasteiger partial charge in [0.15, 0.2) is 0 Å². The number of pyridine rings is 1. The number of hydrogen-bond acceptors (Lipinski definition) is 6. The van der Waals surface area contributed by atoms with E-state index in [1.54, 1.807) is 17.7 Å². The molecular formula is C27H28N5OPS. The number of fused-ring (bicyclic) bond motifs is 1. The number of benzene rings is 1. The van der Waals surface area contributed by atoms with Crippen LogP contribution in [0.2, 0.25) is 0 Å². The molecule has 1 saturated heterocycles. The van der Waals surface area contributed by atoms with Crippen LogP contribution < -0.4 is 5.32 Å². The molecule has 1 aromatic carbocycles. The number of thiazole rings is 1. The molecule has 0 saturated carbocycles. The third-order valence-corrected chi connectivity index (χ3v) is 7.65. The Hall–Kier alpha value is -2.96. The highest BCUT2D eigenvalue weighted by Crippen LogP contribution is 2.31. The molecule has 3 aromatic heterocycles. The number of nitrogens with zero attached hydrogens (tertiary/aromatic N) is 3. The van der Waals surface area contributed by atoms with Crippen LogP contribution in [0, 0.1) is 5.92 Å². The summed E-state index contributed by atoms with van der Waals surface area (Å²) in [7, 11) is 3.63. The summed E-state index contributed by atoms with van der Waals surface area (Å²) in [5.41, 5.74) is 6.82. The lowest BCUT2D eigenvalue weighted by Crippen LogP contribution is -2.44. The fourth-order valence-corrected chi connectivity index (χ4v) is 5.00. The zero-order valence-electron chi connectivity index (χ0n) is 19.8. The van der Waals surface area contributed by atoms with Gasteiger partial charge in [0.2, 0.25) is 0 Å². The van der Waals surface area contributed by atoms with Crippen LogP contribution in [-0.4, -0.2) is 45.1 Å². The third-order valence-electron chi connectivity index (χ3n) is 6.01. The minimum atomic E-state index is 0.579. The first-order valence-electron chi connectivity index (χ1n) is 11.8. The first-order chi connectivity index (χ1) is 17.1. The maximum atomic E-state index is 5.90. The van der Waals surface area contributed by atoms with Crippen LogP contribution in [0.1, 0.15) is 30.8 Å². The van der Waals surface area contributed by atoms with Crippen LogP contribution >= 0.6 is 20.2 Å². The molecule has 178 valence electrons. The predicted molar refractivity (Wildman–Crippen MR) is 148 cm³/mol. The van der Waals surface area contributed by atoms with Crippen LogP contribution in [0.3, 0.4) is 0 Å². The van der Waals surface area contributed by atoms with Crippen molar-refractivity contribution in [2.75, 3.05) is 19.7 Å². The number of allylic oxidation sites excluding steroid dienone is 4. The van der Waals surface area contributed by atoms with Gasteiger partial charge in [-0.3, -0.25) is 4.98 Å². The van der Waals surface area contributed by atoms with E-state index in [1.807, 2.05) is 12.4 Å². The number of rotatable bonds is 9. The monoisotopic (exact) mass is 501 g/mol. The zero-order valence-corrected chi connectivity index (χ0v) is 21.7. The highest BCUT2D eigenvalue weighted by molar-refractivity contribution is 7.27. The Morgan fingerprint density at radius 1 is 1.17 bits per heavy atom. The van der Waals surface area contributed by atoms with Gasteiger partial charge in [-0.25, -0.2) is 9.97 Å². The number of imidazole rings is 1. The van der Waals surface area contributed by atoms with Crippen molar-refractivity contribution in [3.05, 3.63) is 71.8 Å². The van der Waals surface area contributed by atoms with Gasteiger partial charge in [-0.15, -0.1) is 11.3 Å². The van der Waals surface area contributed by atoms with Crippen LogP contribution in [0.5, 0.6) is 0 Å². The zero-order chi connectivity index (χ0) is 24.2. The van der Waals surface area contributed by atoms with E-state index in [2.05, 4.69) is 90.5 Å². The van der Waals surface area contributed by atoms with Gasteiger partial charge in [0.05, 0.1) is 34.7 Å². The number of hydrogen-bond donors (Lipinski definition) is 2. The summed E-state index contributed by atoms with van der Waals surface area (Å²) in [6, 6.07) is 8.44. The number of H-pyrrole nitrogens is 1. The van der Waals surface area contributed by atoms with Gasteiger partial charge in [0.25, 0.3) is 0 Å². The second-order valence-electron chi connectivity index (χ2n) is 8.64. The normalized spacial score (nSPS) is 14.6. The van der Waals surface area contributed by atoms with Crippen LogP contribution in [0.4, 0.5) is 0 Å². The van der Waals surface area contributed by atoms with Crippen LogP contribution in [0.15, 0.2) is 61.2 Å². The van der Waals surface area contributed by atoms with Gasteiger partial charge in [-0.1, -0.05) is 40.1 Å². The number of ether oxygens (including phenoxy) is 1. The first-order valence-corrected chi connectivity index (χ1v) is 13.1. The van der Waals surface area contributed by atoms with Crippen molar-refractivity contribution in [1.29, 1.82) is 0 Å². The molecule has 0 bridgehead atoms. The van der Waals surface area contributed by atoms with Crippen molar-refractivity contribution in [2.24, 2.45) is 5.92 Å². The molecule has 0 amide bonds. The maximum absolute atomic E-state index is 5.90. The SMILES string of the molecule is CC/C=C\C=C(/C)c1nc[nH]c1-c1ccc2ncc(-c3ncc(C(=P)OCC4CNC4)s3)cc2c1. The van der Waals surface area contributed by atoms with Crippen molar-refractivity contribution < 1.29 is 4.74 Å². The summed E-state index contributed by atoms with van der Waals surface area (Å²) in [4.78, 5) is 18.2. The molecule has 0 unspecified atom stereocenters. The first kappa shape index (κ1) is 23.8. The van der Waals surface area contributed by atoms with Gasteiger partial charge in [0, 0.05) is 47.9 Å². The van der Waals surface area contributed by atoms with Crippen molar-refractivity contribution >= 4 is 42.2 Å². The van der Waals surface area contributed by atoms with E-state index in [4.69, 9.17) is 4.74 Å². The van der Waals surface area contributed by atoms with E-state index in [1.165, 1.54) is 0 Å². The van der Waals surface area contributed by atoms with Crippen molar-refractivity contribution in [3.8, 4) is 21.8 Å². The number of aromatic amines is 1. The third kappa shape index (κ3) is 5.34. The molecule has 1 fully saturated rings. The molecule has 5 rings (SSSR count). The molecule has 0 atom stereocenters. The van der Waals surface area contributed by atoms with Crippen LogP contribution in [0.25, 0.3) is 38.3 Å². The van der Waals surface area contributed by atoms with E-state index in [-0.39, 0.29) is 0 Å². The van der Waals surface area contributed by atoms with E-state index < -0.39 is 0 Å². The highest BCUT2D eigenvalue weighted by atomic mass is 32.1. The quantitative estimate of drug-likeness (QED) is 0.218. The summed E-state index contributed by atoms with van der Waals surface area (Å²) in [6.07, 6.45) is 12.8. The summed E-state index contributed by atoms with van der Waals surface area (Å²) in [5, 5.41) is 5.23. The standard InChI is InChI=1S/C27H28N5OPS/c1-3-4-5-6-17(2)24-25(32-16-31-24)19-7-8-22-20(9-19)10-21(13-29-22)26-30-14-23(35-26)27(34)33-15-18-11-28-12-18/h4-10,13-14,16,18,28,34H,3,11-12,15H2,1-2H3,(H,31,32)/b5-4-,17-6+. The molecule has 1 aliphatic rings. The smallest absolute Gasteiger partial charge is 0.125 e. The number of aromatic nitrogens is 4. The van der Waals surface area contributed by atoms with Crippen molar-refractivity contribution in [3.63, 3.8) is 0 Å². The molecule has 0 spiro atoms. The molecule has 8 heteroatoms. The minimum Gasteiger partial charge on any atom is -0.344 e. The van der Waals surface area contributed by atoms with Gasteiger partial charge < -0.3 is 15.0 Å². The predicted octanol–water partition coefficient (Wildman–Crippen LogP) is 5.97.